The Labute approximate surface area is 142 Å². The van der Waals surface area contributed by atoms with E-state index >= 15 is 0 Å². The van der Waals surface area contributed by atoms with Crippen LogP contribution in [0.1, 0.15) is 12.0 Å². The highest BCUT2D eigenvalue weighted by molar-refractivity contribution is 7.85. The molecule has 1 aromatic rings. The SMILES string of the molecule is COc1ccc(CCN2CC(COS(C)(=O)=O)CC2=O)cc1OC. The summed E-state index contributed by atoms with van der Waals surface area (Å²) in [6.45, 7) is 1.14. The summed E-state index contributed by atoms with van der Waals surface area (Å²) in [6, 6.07) is 5.67. The Bertz CT molecular complexity index is 688. The van der Waals surface area contributed by atoms with Crippen molar-refractivity contribution in [1.29, 1.82) is 0 Å². The van der Waals surface area contributed by atoms with Crippen LogP contribution in [-0.2, 0) is 25.5 Å². The fourth-order valence-corrected chi connectivity index (χ4v) is 3.14. The number of hydrogen-bond acceptors (Lipinski definition) is 6. The zero-order valence-corrected chi connectivity index (χ0v) is 15.0. The Balaban J connectivity index is 1.89. The van der Waals surface area contributed by atoms with Gasteiger partial charge in [-0.1, -0.05) is 6.07 Å². The maximum absolute atomic E-state index is 12.0. The maximum atomic E-state index is 12.0. The molecule has 1 heterocycles. The van der Waals surface area contributed by atoms with Crippen LogP contribution in [0, 0.1) is 5.92 Å². The molecule has 0 radical (unpaired) electrons. The molecule has 7 nitrogen and oxygen atoms in total. The molecule has 1 aromatic carbocycles. The molecular formula is C16H23NO6S. The van der Waals surface area contributed by atoms with Crippen LogP contribution >= 0.6 is 0 Å². The molecule has 1 fully saturated rings. The normalized spacial score (nSPS) is 18.0. The van der Waals surface area contributed by atoms with Crippen LogP contribution in [0.15, 0.2) is 18.2 Å². The minimum Gasteiger partial charge on any atom is -0.493 e. The Hall–Kier alpha value is -1.80. The third kappa shape index (κ3) is 5.10. The van der Waals surface area contributed by atoms with E-state index in [-0.39, 0.29) is 18.4 Å². The topological polar surface area (TPSA) is 82.1 Å². The van der Waals surface area contributed by atoms with Crippen LogP contribution < -0.4 is 9.47 Å². The predicted octanol–water partition coefficient (Wildman–Crippen LogP) is 1.07. The average Bonchev–Trinajstić information content (AvgIpc) is 2.90. The molecule has 0 N–H and O–H groups in total. The molecule has 0 aliphatic carbocycles. The number of nitrogens with zero attached hydrogens (tertiary/aromatic N) is 1. The largest absolute Gasteiger partial charge is 0.493 e. The number of ether oxygens (including phenoxy) is 2. The maximum Gasteiger partial charge on any atom is 0.264 e. The average molecular weight is 357 g/mol. The molecule has 24 heavy (non-hydrogen) atoms. The Morgan fingerprint density at radius 2 is 1.92 bits per heavy atom. The van der Waals surface area contributed by atoms with Crippen LogP contribution in [0.4, 0.5) is 0 Å². The van der Waals surface area contributed by atoms with Gasteiger partial charge in [0.1, 0.15) is 0 Å². The number of carbonyl (C=O) groups is 1. The van der Waals surface area contributed by atoms with Crippen molar-refractivity contribution in [3.63, 3.8) is 0 Å². The quantitative estimate of drug-likeness (QED) is 0.647. The number of carbonyl (C=O) groups excluding carboxylic acids is 1. The standard InChI is InChI=1S/C16H23NO6S/c1-21-14-5-4-12(8-15(14)22-2)6-7-17-10-13(9-16(17)18)11-23-24(3,19)20/h4-5,8,13H,6-7,9-11H2,1-3H3. The van der Waals surface area contributed by atoms with E-state index in [4.69, 9.17) is 13.7 Å². The van der Waals surface area contributed by atoms with Crippen LogP contribution in [0.25, 0.3) is 0 Å². The molecule has 134 valence electrons. The summed E-state index contributed by atoms with van der Waals surface area (Å²) >= 11 is 0. The van der Waals surface area contributed by atoms with Gasteiger partial charge in [-0.25, -0.2) is 0 Å². The third-order valence-electron chi connectivity index (χ3n) is 3.93. The number of amides is 1. The van der Waals surface area contributed by atoms with Crippen molar-refractivity contribution in [2.24, 2.45) is 5.92 Å². The number of likely N-dealkylation sites (tertiary alicyclic amines) is 1. The van der Waals surface area contributed by atoms with Crippen LogP contribution in [0.3, 0.4) is 0 Å². The highest BCUT2D eigenvalue weighted by Gasteiger charge is 2.30. The van der Waals surface area contributed by atoms with Gasteiger partial charge in [0.15, 0.2) is 11.5 Å². The molecule has 0 bridgehead atoms. The van der Waals surface area contributed by atoms with Gasteiger partial charge in [-0.05, 0) is 24.1 Å². The lowest BCUT2D eigenvalue weighted by atomic mass is 10.1. The first-order chi connectivity index (χ1) is 11.3. The fraction of sp³-hybridized carbons (Fsp3) is 0.562. The van der Waals surface area contributed by atoms with Gasteiger partial charge < -0.3 is 14.4 Å². The molecule has 0 spiro atoms. The van der Waals surface area contributed by atoms with Crippen molar-refractivity contribution >= 4 is 16.0 Å². The summed E-state index contributed by atoms with van der Waals surface area (Å²) in [5.74, 6) is 1.26. The highest BCUT2D eigenvalue weighted by atomic mass is 32.2. The molecule has 1 amide bonds. The summed E-state index contributed by atoms with van der Waals surface area (Å²) in [5.41, 5.74) is 1.04. The van der Waals surface area contributed by atoms with Gasteiger partial charge in [-0.2, -0.15) is 8.42 Å². The minimum absolute atomic E-state index is 0.0255. The van der Waals surface area contributed by atoms with Gasteiger partial charge in [0, 0.05) is 25.4 Å². The molecule has 1 saturated heterocycles. The monoisotopic (exact) mass is 357 g/mol. The second kappa shape index (κ2) is 7.85. The van der Waals surface area contributed by atoms with E-state index in [0.717, 1.165) is 11.8 Å². The van der Waals surface area contributed by atoms with Crippen molar-refractivity contribution in [2.75, 3.05) is 40.2 Å². The van der Waals surface area contributed by atoms with Gasteiger partial charge in [-0.15, -0.1) is 0 Å². The van der Waals surface area contributed by atoms with E-state index in [0.29, 0.717) is 37.4 Å². The van der Waals surface area contributed by atoms with Crippen molar-refractivity contribution in [1.82, 2.24) is 4.90 Å². The van der Waals surface area contributed by atoms with Crippen molar-refractivity contribution in [2.45, 2.75) is 12.8 Å². The van der Waals surface area contributed by atoms with Crippen molar-refractivity contribution < 1.29 is 26.9 Å². The Morgan fingerprint density at radius 3 is 2.54 bits per heavy atom. The van der Waals surface area contributed by atoms with Gasteiger partial charge in [0.25, 0.3) is 10.1 Å². The lowest BCUT2D eigenvalue weighted by Crippen LogP contribution is -2.28. The third-order valence-corrected chi connectivity index (χ3v) is 4.49. The van der Waals surface area contributed by atoms with Crippen molar-refractivity contribution in [3.05, 3.63) is 23.8 Å². The van der Waals surface area contributed by atoms with Gasteiger partial charge >= 0.3 is 0 Å². The molecular weight excluding hydrogens is 334 g/mol. The fourth-order valence-electron chi connectivity index (χ4n) is 2.70. The number of benzene rings is 1. The number of rotatable bonds is 8. The zero-order valence-electron chi connectivity index (χ0n) is 14.1. The Morgan fingerprint density at radius 1 is 1.21 bits per heavy atom. The Kier molecular flexibility index (Phi) is 6.06. The van der Waals surface area contributed by atoms with Crippen LogP contribution in [0.5, 0.6) is 11.5 Å². The first-order valence-corrected chi connectivity index (χ1v) is 9.47. The van der Waals surface area contributed by atoms with E-state index in [2.05, 4.69) is 0 Å². The first-order valence-electron chi connectivity index (χ1n) is 7.65. The van der Waals surface area contributed by atoms with Crippen LogP contribution in [0.2, 0.25) is 0 Å². The molecule has 2 rings (SSSR count). The first kappa shape index (κ1) is 18.5. The second-order valence-electron chi connectivity index (χ2n) is 5.84. The van der Waals surface area contributed by atoms with E-state index in [1.54, 1.807) is 19.1 Å². The highest BCUT2D eigenvalue weighted by Crippen LogP contribution is 2.28. The second-order valence-corrected chi connectivity index (χ2v) is 7.48. The number of hydrogen-bond donors (Lipinski definition) is 0. The van der Waals surface area contributed by atoms with Crippen molar-refractivity contribution in [3.8, 4) is 11.5 Å². The summed E-state index contributed by atoms with van der Waals surface area (Å²) in [4.78, 5) is 13.8. The van der Waals surface area contributed by atoms with Gasteiger partial charge in [-0.3, -0.25) is 8.98 Å². The summed E-state index contributed by atoms with van der Waals surface area (Å²) in [5, 5.41) is 0. The molecule has 8 heteroatoms. The van der Waals surface area contributed by atoms with Gasteiger partial charge in [0.05, 0.1) is 27.1 Å². The van der Waals surface area contributed by atoms with E-state index in [9.17, 15) is 13.2 Å². The molecule has 1 unspecified atom stereocenters. The zero-order chi connectivity index (χ0) is 17.7. The summed E-state index contributed by atoms with van der Waals surface area (Å²) in [6.07, 6.45) is 2.02. The summed E-state index contributed by atoms with van der Waals surface area (Å²) < 4.78 is 37.3. The number of methoxy groups -OCH3 is 2. The smallest absolute Gasteiger partial charge is 0.264 e. The van der Waals surface area contributed by atoms with Crippen LogP contribution in [-0.4, -0.2) is 59.4 Å². The lowest BCUT2D eigenvalue weighted by Gasteiger charge is -2.17. The minimum atomic E-state index is -3.47. The molecule has 0 saturated carbocycles. The van der Waals surface area contributed by atoms with E-state index in [1.165, 1.54) is 0 Å². The molecule has 0 aromatic heterocycles. The molecule has 1 atom stereocenters. The van der Waals surface area contributed by atoms with Gasteiger partial charge in [0.2, 0.25) is 5.91 Å². The van der Waals surface area contributed by atoms with E-state index < -0.39 is 10.1 Å². The molecule has 1 aliphatic rings. The predicted molar refractivity (Wildman–Crippen MR) is 88.7 cm³/mol. The lowest BCUT2D eigenvalue weighted by molar-refractivity contribution is -0.127. The molecule has 1 aliphatic heterocycles. The summed E-state index contributed by atoms with van der Waals surface area (Å²) in [7, 11) is -0.308. The van der Waals surface area contributed by atoms with E-state index in [1.807, 2.05) is 18.2 Å².